The van der Waals surface area contributed by atoms with Crippen LogP contribution in [0.1, 0.15) is 13.3 Å². The lowest BCUT2D eigenvalue weighted by Crippen LogP contribution is -2.73. The van der Waals surface area contributed by atoms with Gasteiger partial charge in [-0.1, -0.05) is 0 Å². The van der Waals surface area contributed by atoms with Gasteiger partial charge in [-0.2, -0.15) is 0 Å². The van der Waals surface area contributed by atoms with Gasteiger partial charge in [0, 0.05) is 0 Å². The van der Waals surface area contributed by atoms with Gasteiger partial charge in [0.25, 0.3) is 0 Å². The van der Waals surface area contributed by atoms with Crippen molar-refractivity contribution in [2.75, 3.05) is 13.2 Å². The zero-order chi connectivity index (χ0) is 5.61. The Labute approximate surface area is 49.2 Å². The fourth-order valence-corrected chi connectivity index (χ4v) is 1.37. The standard InChI is InChI=1S/C6H11NO/c1-5-6(4-8-5)2-3-7-6/h5,7H,2-4H2,1H3. The van der Waals surface area contributed by atoms with E-state index in [0.29, 0.717) is 11.6 Å². The molecular formula is C6H11NO. The van der Waals surface area contributed by atoms with Crippen LogP contribution in [-0.4, -0.2) is 24.8 Å². The third-order valence-electron chi connectivity index (χ3n) is 2.42. The van der Waals surface area contributed by atoms with Crippen LogP contribution in [0.2, 0.25) is 0 Å². The first-order chi connectivity index (χ1) is 3.83. The zero-order valence-corrected chi connectivity index (χ0v) is 5.11. The molecule has 1 spiro atoms. The number of hydrogen-bond acceptors (Lipinski definition) is 2. The fourth-order valence-electron chi connectivity index (χ4n) is 1.37. The molecule has 2 saturated heterocycles. The van der Waals surface area contributed by atoms with Gasteiger partial charge in [-0.3, -0.25) is 0 Å². The summed E-state index contributed by atoms with van der Waals surface area (Å²) >= 11 is 0. The molecule has 2 atom stereocenters. The number of ether oxygens (including phenoxy) is 1. The van der Waals surface area contributed by atoms with Gasteiger partial charge in [0.1, 0.15) is 0 Å². The van der Waals surface area contributed by atoms with Gasteiger partial charge in [0.2, 0.25) is 0 Å². The van der Waals surface area contributed by atoms with Gasteiger partial charge in [0.15, 0.2) is 0 Å². The molecule has 0 amide bonds. The van der Waals surface area contributed by atoms with Crippen molar-refractivity contribution in [2.45, 2.75) is 25.0 Å². The Morgan fingerprint density at radius 2 is 2.50 bits per heavy atom. The third-order valence-corrected chi connectivity index (χ3v) is 2.42. The van der Waals surface area contributed by atoms with E-state index in [1.807, 2.05) is 0 Å². The van der Waals surface area contributed by atoms with Gasteiger partial charge in [-0.15, -0.1) is 0 Å². The molecular weight excluding hydrogens is 102 g/mol. The molecule has 2 fully saturated rings. The van der Waals surface area contributed by atoms with Crippen molar-refractivity contribution >= 4 is 0 Å². The van der Waals surface area contributed by atoms with Crippen LogP contribution < -0.4 is 5.32 Å². The van der Waals surface area contributed by atoms with Crippen LogP contribution in [0.5, 0.6) is 0 Å². The molecule has 46 valence electrons. The molecule has 0 bridgehead atoms. The average Bonchev–Trinajstić information content (AvgIpc) is 1.58. The molecule has 0 saturated carbocycles. The highest BCUT2D eigenvalue weighted by Crippen LogP contribution is 2.33. The number of nitrogens with one attached hydrogen (secondary N) is 1. The van der Waals surface area contributed by atoms with Crippen molar-refractivity contribution in [3.63, 3.8) is 0 Å². The smallest absolute Gasteiger partial charge is 0.0752 e. The van der Waals surface area contributed by atoms with Crippen molar-refractivity contribution < 1.29 is 4.74 Å². The Bertz CT molecular complexity index is 104. The molecule has 0 aromatic rings. The Balaban J connectivity index is 2.03. The molecule has 2 heteroatoms. The summed E-state index contributed by atoms with van der Waals surface area (Å²) in [4.78, 5) is 0. The summed E-state index contributed by atoms with van der Waals surface area (Å²) in [5.41, 5.74) is 0.431. The summed E-state index contributed by atoms with van der Waals surface area (Å²) in [6.07, 6.45) is 1.78. The van der Waals surface area contributed by atoms with Crippen molar-refractivity contribution in [2.24, 2.45) is 0 Å². The molecule has 2 heterocycles. The van der Waals surface area contributed by atoms with Crippen molar-refractivity contribution in [3.8, 4) is 0 Å². The first-order valence-corrected chi connectivity index (χ1v) is 3.20. The van der Waals surface area contributed by atoms with Crippen LogP contribution in [0, 0.1) is 0 Å². The minimum atomic E-state index is 0.431. The Morgan fingerprint density at radius 1 is 1.75 bits per heavy atom. The molecule has 0 radical (unpaired) electrons. The maximum Gasteiger partial charge on any atom is 0.0752 e. The predicted octanol–water partition coefficient (Wildman–Crippen LogP) is 0.137. The molecule has 8 heavy (non-hydrogen) atoms. The Morgan fingerprint density at radius 3 is 2.50 bits per heavy atom. The average molecular weight is 113 g/mol. The van der Waals surface area contributed by atoms with E-state index < -0.39 is 0 Å². The monoisotopic (exact) mass is 113 g/mol. The van der Waals surface area contributed by atoms with E-state index in [-0.39, 0.29) is 0 Å². The van der Waals surface area contributed by atoms with Gasteiger partial charge in [-0.25, -0.2) is 0 Å². The van der Waals surface area contributed by atoms with Crippen LogP contribution in [0.25, 0.3) is 0 Å². The topological polar surface area (TPSA) is 21.3 Å². The van der Waals surface area contributed by atoms with Crippen LogP contribution in [0.3, 0.4) is 0 Å². The second-order valence-electron chi connectivity index (χ2n) is 2.79. The Hall–Kier alpha value is -0.0800. The van der Waals surface area contributed by atoms with Crippen LogP contribution in [0.4, 0.5) is 0 Å². The summed E-state index contributed by atoms with van der Waals surface area (Å²) in [6, 6.07) is 0. The van der Waals surface area contributed by atoms with E-state index in [1.165, 1.54) is 13.0 Å². The highest BCUT2D eigenvalue weighted by atomic mass is 16.5. The van der Waals surface area contributed by atoms with Crippen LogP contribution >= 0.6 is 0 Å². The van der Waals surface area contributed by atoms with Crippen molar-refractivity contribution in [1.82, 2.24) is 5.32 Å². The summed E-state index contributed by atoms with van der Waals surface area (Å²) in [5, 5.41) is 3.38. The minimum Gasteiger partial charge on any atom is -0.374 e. The van der Waals surface area contributed by atoms with Gasteiger partial charge in [-0.05, 0) is 19.9 Å². The highest BCUT2D eigenvalue weighted by molar-refractivity contribution is 5.06. The second kappa shape index (κ2) is 1.25. The lowest BCUT2D eigenvalue weighted by atomic mass is 9.80. The fraction of sp³-hybridized carbons (Fsp3) is 1.00. The van der Waals surface area contributed by atoms with Crippen LogP contribution in [-0.2, 0) is 4.74 Å². The van der Waals surface area contributed by atoms with E-state index in [1.54, 1.807) is 0 Å². The molecule has 2 unspecified atom stereocenters. The summed E-state index contributed by atoms with van der Waals surface area (Å²) in [6.45, 7) is 4.26. The first-order valence-electron chi connectivity index (χ1n) is 3.20. The Kier molecular flexibility index (Phi) is 0.746. The summed E-state index contributed by atoms with van der Waals surface area (Å²) in [5.74, 6) is 0. The molecule has 2 aliphatic heterocycles. The van der Waals surface area contributed by atoms with Crippen molar-refractivity contribution in [3.05, 3.63) is 0 Å². The number of hydrogen-bond donors (Lipinski definition) is 1. The first kappa shape index (κ1) is 4.77. The molecule has 2 nitrogen and oxygen atoms in total. The molecule has 0 aromatic carbocycles. The number of rotatable bonds is 0. The molecule has 2 aliphatic rings. The highest BCUT2D eigenvalue weighted by Gasteiger charge is 2.49. The molecule has 2 rings (SSSR count). The van der Waals surface area contributed by atoms with E-state index >= 15 is 0 Å². The zero-order valence-electron chi connectivity index (χ0n) is 5.11. The van der Waals surface area contributed by atoms with Crippen LogP contribution in [0.15, 0.2) is 0 Å². The maximum absolute atomic E-state index is 5.23. The summed E-state index contributed by atoms with van der Waals surface area (Å²) < 4.78 is 5.23. The molecule has 0 aliphatic carbocycles. The lowest BCUT2D eigenvalue weighted by Gasteiger charge is -2.54. The van der Waals surface area contributed by atoms with E-state index in [9.17, 15) is 0 Å². The van der Waals surface area contributed by atoms with E-state index in [4.69, 9.17) is 4.74 Å². The predicted molar refractivity (Wildman–Crippen MR) is 30.8 cm³/mol. The normalized spacial score (nSPS) is 52.9. The van der Waals surface area contributed by atoms with Gasteiger partial charge >= 0.3 is 0 Å². The summed E-state index contributed by atoms with van der Waals surface area (Å²) in [7, 11) is 0. The third kappa shape index (κ3) is 0.361. The molecule has 1 N–H and O–H groups in total. The molecule has 0 aromatic heterocycles. The lowest BCUT2D eigenvalue weighted by molar-refractivity contribution is -0.167. The largest absolute Gasteiger partial charge is 0.374 e. The quantitative estimate of drug-likeness (QED) is 0.482. The van der Waals surface area contributed by atoms with E-state index in [0.717, 1.165) is 6.61 Å². The van der Waals surface area contributed by atoms with E-state index in [2.05, 4.69) is 12.2 Å². The van der Waals surface area contributed by atoms with Gasteiger partial charge in [0.05, 0.1) is 18.2 Å². The maximum atomic E-state index is 5.23. The SMILES string of the molecule is CC1OCC12CCN2. The minimum absolute atomic E-state index is 0.431. The second-order valence-corrected chi connectivity index (χ2v) is 2.79. The van der Waals surface area contributed by atoms with Gasteiger partial charge < -0.3 is 10.1 Å². The van der Waals surface area contributed by atoms with Crippen molar-refractivity contribution in [1.29, 1.82) is 0 Å².